The zero-order chi connectivity index (χ0) is 12.1. The van der Waals surface area contributed by atoms with E-state index in [0.717, 1.165) is 6.42 Å². The molecular formula is C10H20N2O3. The van der Waals surface area contributed by atoms with Crippen molar-refractivity contribution in [3.8, 4) is 0 Å². The van der Waals surface area contributed by atoms with Gasteiger partial charge < -0.3 is 15.7 Å². The molecule has 0 spiro atoms. The summed E-state index contributed by atoms with van der Waals surface area (Å²) in [5, 5.41) is 8.63. The summed E-state index contributed by atoms with van der Waals surface area (Å²) in [5.74, 6) is -1.20. The van der Waals surface area contributed by atoms with E-state index in [0.29, 0.717) is 6.54 Å². The quantitative estimate of drug-likeness (QED) is 0.674. The van der Waals surface area contributed by atoms with Crippen LogP contribution >= 0.6 is 0 Å². The van der Waals surface area contributed by atoms with Crippen LogP contribution in [0.15, 0.2) is 0 Å². The van der Waals surface area contributed by atoms with Crippen molar-refractivity contribution < 1.29 is 14.7 Å². The molecule has 0 fully saturated rings. The maximum absolute atomic E-state index is 11.7. The Balaban J connectivity index is 4.35. The molecule has 5 nitrogen and oxygen atoms in total. The molecule has 0 rings (SSSR count). The number of aliphatic carboxylic acids is 1. The second kappa shape index (κ2) is 5.70. The van der Waals surface area contributed by atoms with Crippen LogP contribution in [0.5, 0.6) is 0 Å². The van der Waals surface area contributed by atoms with E-state index in [1.54, 1.807) is 13.8 Å². The lowest BCUT2D eigenvalue weighted by molar-refractivity contribution is -0.144. The Hall–Kier alpha value is -1.10. The van der Waals surface area contributed by atoms with E-state index >= 15 is 0 Å². The maximum atomic E-state index is 11.7. The first-order valence-corrected chi connectivity index (χ1v) is 5.04. The van der Waals surface area contributed by atoms with Gasteiger partial charge in [-0.2, -0.15) is 0 Å². The second-order valence-corrected chi connectivity index (χ2v) is 4.37. The molecule has 0 aliphatic rings. The zero-order valence-corrected chi connectivity index (χ0v) is 9.62. The van der Waals surface area contributed by atoms with Gasteiger partial charge in [-0.3, -0.25) is 9.59 Å². The summed E-state index contributed by atoms with van der Waals surface area (Å²) in [5.41, 5.74) is 5.11. The lowest BCUT2D eigenvalue weighted by Gasteiger charge is -2.25. The number of carbonyl (C=O) groups excluding carboxylic acids is 1. The van der Waals surface area contributed by atoms with Gasteiger partial charge in [0, 0.05) is 18.5 Å². The second-order valence-electron chi connectivity index (χ2n) is 4.37. The molecular weight excluding hydrogens is 196 g/mol. The number of hydrogen-bond donors (Lipinski definition) is 2. The molecule has 0 aromatic heterocycles. The molecule has 0 atom stereocenters. The van der Waals surface area contributed by atoms with Gasteiger partial charge in [-0.25, -0.2) is 0 Å². The van der Waals surface area contributed by atoms with Gasteiger partial charge in [-0.05, 0) is 20.3 Å². The molecule has 0 aliphatic carbocycles. The van der Waals surface area contributed by atoms with Crippen LogP contribution in [0.1, 0.15) is 33.6 Å². The number of nitrogens with zero attached hydrogens (tertiary/aromatic N) is 1. The van der Waals surface area contributed by atoms with Gasteiger partial charge in [-0.1, -0.05) is 6.92 Å². The highest BCUT2D eigenvalue weighted by molar-refractivity contribution is 5.82. The molecule has 0 saturated carbocycles. The topological polar surface area (TPSA) is 83.6 Å². The first-order chi connectivity index (χ1) is 6.76. The molecule has 3 N–H and O–H groups in total. The smallest absolute Gasteiger partial charge is 0.323 e. The van der Waals surface area contributed by atoms with Crippen molar-refractivity contribution in [3.63, 3.8) is 0 Å². The number of hydrogen-bond acceptors (Lipinski definition) is 3. The van der Waals surface area contributed by atoms with E-state index in [2.05, 4.69) is 0 Å². The van der Waals surface area contributed by atoms with E-state index < -0.39 is 11.5 Å². The number of amides is 1. The summed E-state index contributed by atoms with van der Waals surface area (Å²) in [6.07, 6.45) is 0.907. The standard InChI is InChI=1S/C10H20N2O3/c1-4-5-12(7-9(14)15)8(13)6-10(2,3)11/h4-7,11H2,1-3H3,(H,14,15). The first-order valence-electron chi connectivity index (χ1n) is 5.04. The molecule has 5 heteroatoms. The fourth-order valence-corrected chi connectivity index (χ4v) is 1.23. The van der Waals surface area contributed by atoms with Crippen LogP contribution < -0.4 is 5.73 Å². The number of nitrogens with two attached hydrogens (primary N) is 1. The van der Waals surface area contributed by atoms with E-state index in [-0.39, 0.29) is 18.9 Å². The normalized spacial score (nSPS) is 11.2. The number of carbonyl (C=O) groups is 2. The Labute approximate surface area is 90.2 Å². The third-order valence-electron chi connectivity index (χ3n) is 1.78. The van der Waals surface area contributed by atoms with Crippen LogP contribution in [0.25, 0.3) is 0 Å². The summed E-state index contributed by atoms with van der Waals surface area (Å²) in [6, 6.07) is 0. The number of carboxylic acid groups (broad SMARTS) is 1. The highest BCUT2D eigenvalue weighted by Gasteiger charge is 2.22. The molecule has 0 radical (unpaired) electrons. The van der Waals surface area contributed by atoms with Gasteiger partial charge in [-0.15, -0.1) is 0 Å². The highest BCUT2D eigenvalue weighted by Crippen LogP contribution is 2.07. The van der Waals surface area contributed by atoms with Crippen molar-refractivity contribution in [1.82, 2.24) is 4.90 Å². The van der Waals surface area contributed by atoms with Gasteiger partial charge in [0.25, 0.3) is 0 Å². The SMILES string of the molecule is CCCN(CC(=O)O)C(=O)CC(C)(C)N. The predicted octanol–water partition coefficient (Wildman–Crippen LogP) is 0.437. The van der Waals surface area contributed by atoms with Crippen molar-refractivity contribution >= 4 is 11.9 Å². The van der Waals surface area contributed by atoms with Crippen LogP contribution in [0.3, 0.4) is 0 Å². The fourth-order valence-electron chi connectivity index (χ4n) is 1.23. The molecule has 0 aromatic carbocycles. The molecule has 0 unspecified atom stereocenters. The monoisotopic (exact) mass is 216 g/mol. The molecule has 15 heavy (non-hydrogen) atoms. The summed E-state index contributed by atoms with van der Waals surface area (Å²) >= 11 is 0. The summed E-state index contributed by atoms with van der Waals surface area (Å²) < 4.78 is 0. The summed E-state index contributed by atoms with van der Waals surface area (Å²) in [4.78, 5) is 23.5. The maximum Gasteiger partial charge on any atom is 0.323 e. The fraction of sp³-hybridized carbons (Fsp3) is 0.800. The Morgan fingerprint density at radius 3 is 2.27 bits per heavy atom. The van der Waals surface area contributed by atoms with Crippen molar-refractivity contribution in [1.29, 1.82) is 0 Å². The van der Waals surface area contributed by atoms with Crippen molar-refractivity contribution in [2.75, 3.05) is 13.1 Å². The average molecular weight is 216 g/mol. The van der Waals surface area contributed by atoms with Crippen molar-refractivity contribution in [2.45, 2.75) is 39.2 Å². The minimum atomic E-state index is -0.994. The van der Waals surface area contributed by atoms with Crippen molar-refractivity contribution in [3.05, 3.63) is 0 Å². The molecule has 0 aliphatic heterocycles. The summed E-state index contributed by atoms with van der Waals surface area (Å²) in [7, 11) is 0. The third-order valence-corrected chi connectivity index (χ3v) is 1.78. The predicted molar refractivity (Wildman–Crippen MR) is 57.4 cm³/mol. The summed E-state index contributed by atoms with van der Waals surface area (Å²) in [6.45, 7) is 5.60. The van der Waals surface area contributed by atoms with Gasteiger partial charge in [0.05, 0.1) is 0 Å². The van der Waals surface area contributed by atoms with E-state index in [1.165, 1.54) is 4.90 Å². The highest BCUT2D eigenvalue weighted by atomic mass is 16.4. The Bertz CT molecular complexity index is 233. The van der Waals surface area contributed by atoms with Gasteiger partial charge in [0.1, 0.15) is 6.54 Å². The first kappa shape index (κ1) is 13.9. The number of rotatable bonds is 6. The van der Waals surface area contributed by atoms with Crippen LogP contribution in [-0.4, -0.2) is 40.5 Å². The van der Waals surface area contributed by atoms with Gasteiger partial charge >= 0.3 is 5.97 Å². The van der Waals surface area contributed by atoms with Gasteiger partial charge in [0.15, 0.2) is 0 Å². The van der Waals surface area contributed by atoms with Crippen molar-refractivity contribution in [2.24, 2.45) is 5.73 Å². The zero-order valence-electron chi connectivity index (χ0n) is 9.62. The molecule has 88 valence electrons. The Kier molecular flexibility index (Phi) is 5.28. The lowest BCUT2D eigenvalue weighted by atomic mass is 10.0. The molecule has 0 aromatic rings. The molecule has 0 bridgehead atoms. The molecule has 0 heterocycles. The van der Waals surface area contributed by atoms with Crippen LogP contribution in [-0.2, 0) is 9.59 Å². The largest absolute Gasteiger partial charge is 0.480 e. The minimum Gasteiger partial charge on any atom is -0.480 e. The van der Waals surface area contributed by atoms with Crippen LogP contribution in [0.4, 0.5) is 0 Å². The molecule has 0 saturated heterocycles. The Morgan fingerprint density at radius 2 is 1.93 bits per heavy atom. The Morgan fingerprint density at radius 1 is 1.40 bits per heavy atom. The lowest BCUT2D eigenvalue weighted by Crippen LogP contribution is -2.43. The third kappa shape index (κ3) is 6.90. The van der Waals surface area contributed by atoms with E-state index in [1.807, 2.05) is 6.92 Å². The van der Waals surface area contributed by atoms with Crippen LogP contribution in [0, 0.1) is 0 Å². The molecule has 1 amide bonds. The van der Waals surface area contributed by atoms with E-state index in [4.69, 9.17) is 10.8 Å². The number of carboxylic acids is 1. The van der Waals surface area contributed by atoms with Gasteiger partial charge in [0.2, 0.25) is 5.91 Å². The van der Waals surface area contributed by atoms with Crippen LogP contribution in [0.2, 0.25) is 0 Å². The average Bonchev–Trinajstić information content (AvgIpc) is 1.99. The van der Waals surface area contributed by atoms with E-state index in [9.17, 15) is 9.59 Å². The minimum absolute atomic E-state index is 0.167.